The fourth-order valence-corrected chi connectivity index (χ4v) is 2.60. The van der Waals surface area contributed by atoms with Gasteiger partial charge in [-0.3, -0.25) is 9.20 Å². The van der Waals surface area contributed by atoms with Crippen molar-refractivity contribution in [3.05, 3.63) is 45.5 Å². The standard InChI is InChI=1S/C13H14ClN3O/c14-9-4-3-7-17-12(18)8-11(16-13(9)17)10-5-1-2-6-15-10/h3-4,7-8,10,15H,1-2,5-6H2. The molecule has 1 unspecified atom stereocenters. The first-order valence-electron chi connectivity index (χ1n) is 6.17. The van der Waals surface area contributed by atoms with Gasteiger partial charge in [0, 0.05) is 18.3 Å². The molecule has 2 aromatic rings. The van der Waals surface area contributed by atoms with Gasteiger partial charge in [-0.15, -0.1) is 0 Å². The molecular formula is C13H14ClN3O. The first-order chi connectivity index (χ1) is 8.75. The van der Waals surface area contributed by atoms with E-state index in [-0.39, 0.29) is 11.6 Å². The SMILES string of the molecule is O=c1cc(C2CCCCN2)nc2c(Cl)cccn12. The van der Waals surface area contributed by atoms with E-state index < -0.39 is 0 Å². The van der Waals surface area contributed by atoms with Gasteiger partial charge >= 0.3 is 0 Å². The van der Waals surface area contributed by atoms with Crippen molar-refractivity contribution in [1.82, 2.24) is 14.7 Å². The normalized spacial score (nSPS) is 20.2. The third kappa shape index (κ3) is 2.02. The third-order valence-corrected chi connectivity index (χ3v) is 3.63. The molecule has 5 heteroatoms. The summed E-state index contributed by atoms with van der Waals surface area (Å²) in [4.78, 5) is 16.6. The zero-order chi connectivity index (χ0) is 12.5. The van der Waals surface area contributed by atoms with Gasteiger partial charge in [-0.05, 0) is 31.5 Å². The van der Waals surface area contributed by atoms with E-state index in [2.05, 4.69) is 10.3 Å². The van der Waals surface area contributed by atoms with Crippen LogP contribution in [0.25, 0.3) is 5.65 Å². The van der Waals surface area contributed by atoms with Crippen LogP contribution in [0.2, 0.25) is 5.02 Å². The van der Waals surface area contributed by atoms with E-state index in [1.54, 1.807) is 24.4 Å². The van der Waals surface area contributed by atoms with Gasteiger partial charge in [0.25, 0.3) is 5.56 Å². The molecule has 0 aromatic carbocycles. The van der Waals surface area contributed by atoms with Crippen molar-refractivity contribution in [2.75, 3.05) is 6.54 Å². The Morgan fingerprint density at radius 2 is 2.33 bits per heavy atom. The predicted octanol–water partition coefficient (Wildman–Crippen LogP) is 2.16. The summed E-state index contributed by atoms with van der Waals surface area (Å²) in [5, 5.41) is 3.90. The molecule has 1 fully saturated rings. The van der Waals surface area contributed by atoms with Crippen molar-refractivity contribution in [2.24, 2.45) is 0 Å². The lowest BCUT2D eigenvalue weighted by Crippen LogP contribution is -2.29. The van der Waals surface area contributed by atoms with E-state index in [0.717, 1.165) is 18.7 Å². The molecule has 1 aliphatic rings. The highest BCUT2D eigenvalue weighted by Crippen LogP contribution is 2.22. The fourth-order valence-electron chi connectivity index (χ4n) is 2.39. The molecule has 3 heterocycles. The maximum absolute atomic E-state index is 12.0. The van der Waals surface area contributed by atoms with Crippen LogP contribution < -0.4 is 10.9 Å². The number of hydrogen-bond donors (Lipinski definition) is 1. The Labute approximate surface area is 110 Å². The van der Waals surface area contributed by atoms with E-state index in [9.17, 15) is 4.79 Å². The number of aromatic nitrogens is 2. The Hall–Kier alpha value is -1.39. The van der Waals surface area contributed by atoms with Gasteiger partial charge in [0.05, 0.1) is 10.7 Å². The Morgan fingerprint density at radius 1 is 1.44 bits per heavy atom. The Kier molecular flexibility index (Phi) is 3.06. The van der Waals surface area contributed by atoms with Crippen LogP contribution in [-0.4, -0.2) is 15.9 Å². The maximum Gasteiger partial charge on any atom is 0.258 e. The smallest absolute Gasteiger partial charge is 0.258 e. The molecule has 2 aromatic heterocycles. The Bertz CT molecular complexity index is 632. The van der Waals surface area contributed by atoms with Gasteiger partial charge in [-0.2, -0.15) is 0 Å². The maximum atomic E-state index is 12.0. The molecule has 0 aliphatic carbocycles. The number of pyridine rings is 1. The van der Waals surface area contributed by atoms with Crippen LogP contribution in [0.3, 0.4) is 0 Å². The summed E-state index contributed by atoms with van der Waals surface area (Å²) < 4.78 is 1.48. The van der Waals surface area contributed by atoms with E-state index >= 15 is 0 Å². The summed E-state index contributed by atoms with van der Waals surface area (Å²) in [6.45, 7) is 0.980. The van der Waals surface area contributed by atoms with Crippen LogP contribution >= 0.6 is 11.6 Å². The summed E-state index contributed by atoms with van der Waals surface area (Å²) >= 11 is 6.10. The summed E-state index contributed by atoms with van der Waals surface area (Å²) in [6, 6.07) is 5.28. The topological polar surface area (TPSA) is 46.4 Å². The number of nitrogens with zero attached hydrogens (tertiary/aromatic N) is 2. The molecule has 0 saturated carbocycles. The zero-order valence-corrected chi connectivity index (χ0v) is 10.7. The molecule has 94 valence electrons. The molecule has 0 radical (unpaired) electrons. The molecule has 1 atom stereocenters. The lowest BCUT2D eigenvalue weighted by Gasteiger charge is -2.23. The van der Waals surface area contributed by atoms with Crippen LogP contribution in [-0.2, 0) is 0 Å². The summed E-state index contributed by atoms with van der Waals surface area (Å²) in [7, 11) is 0. The van der Waals surface area contributed by atoms with E-state index in [1.165, 1.54) is 17.2 Å². The van der Waals surface area contributed by atoms with Crippen molar-refractivity contribution in [2.45, 2.75) is 25.3 Å². The number of hydrogen-bond acceptors (Lipinski definition) is 3. The van der Waals surface area contributed by atoms with Gasteiger partial charge in [0.1, 0.15) is 0 Å². The predicted molar refractivity (Wildman–Crippen MR) is 71.1 cm³/mol. The van der Waals surface area contributed by atoms with Gasteiger partial charge in [0.15, 0.2) is 5.65 Å². The highest BCUT2D eigenvalue weighted by molar-refractivity contribution is 6.33. The summed E-state index contributed by atoms with van der Waals surface area (Å²) in [5.41, 5.74) is 1.26. The van der Waals surface area contributed by atoms with Gasteiger partial charge < -0.3 is 5.32 Å². The van der Waals surface area contributed by atoms with Crippen LogP contribution in [0.1, 0.15) is 31.0 Å². The molecule has 1 N–H and O–H groups in total. The lowest BCUT2D eigenvalue weighted by atomic mass is 10.0. The van der Waals surface area contributed by atoms with Crippen LogP contribution in [0, 0.1) is 0 Å². The third-order valence-electron chi connectivity index (χ3n) is 3.33. The molecule has 1 aliphatic heterocycles. The number of fused-ring (bicyclic) bond motifs is 1. The summed E-state index contributed by atoms with van der Waals surface area (Å²) in [5.74, 6) is 0. The fraction of sp³-hybridized carbons (Fsp3) is 0.385. The second kappa shape index (κ2) is 4.71. The zero-order valence-electron chi connectivity index (χ0n) is 9.90. The number of halogens is 1. The van der Waals surface area contributed by atoms with Crippen LogP contribution in [0.5, 0.6) is 0 Å². The minimum Gasteiger partial charge on any atom is -0.309 e. The van der Waals surface area contributed by atoms with Crippen LogP contribution in [0.4, 0.5) is 0 Å². The van der Waals surface area contributed by atoms with Crippen molar-refractivity contribution < 1.29 is 0 Å². The van der Waals surface area contributed by atoms with Gasteiger partial charge in [0.2, 0.25) is 0 Å². The van der Waals surface area contributed by atoms with E-state index in [0.29, 0.717) is 10.7 Å². The Balaban J connectivity index is 2.14. The largest absolute Gasteiger partial charge is 0.309 e. The molecular weight excluding hydrogens is 250 g/mol. The minimum absolute atomic E-state index is 0.0788. The van der Waals surface area contributed by atoms with Crippen molar-refractivity contribution in [3.8, 4) is 0 Å². The molecule has 1 saturated heterocycles. The second-order valence-electron chi connectivity index (χ2n) is 4.57. The number of piperidine rings is 1. The second-order valence-corrected chi connectivity index (χ2v) is 4.98. The Morgan fingerprint density at radius 3 is 3.11 bits per heavy atom. The minimum atomic E-state index is -0.0788. The first-order valence-corrected chi connectivity index (χ1v) is 6.55. The first kappa shape index (κ1) is 11.7. The molecule has 3 rings (SSSR count). The van der Waals surface area contributed by atoms with Crippen molar-refractivity contribution >= 4 is 17.2 Å². The number of nitrogens with one attached hydrogen (secondary N) is 1. The molecule has 18 heavy (non-hydrogen) atoms. The quantitative estimate of drug-likeness (QED) is 0.858. The average Bonchev–Trinajstić information content (AvgIpc) is 2.41. The van der Waals surface area contributed by atoms with E-state index in [1.807, 2.05) is 0 Å². The van der Waals surface area contributed by atoms with Crippen molar-refractivity contribution in [3.63, 3.8) is 0 Å². The van der Waals surface area contributed by atoms with Gasteiger partial charge in [-0.1, -0.05) is 18.0 Å². The van der Waals surface area contributed by atoms with Crippen LogP contribution in [0.15, 0.2) is 29.2 Å². The molecule has 4 nitrogen and oxygen atoms in total. The molecule has 0 amide bonds. The number of rotatable bonds is 1. The lowest BCUT2D eigenvalue weighted by molar-refractivity contribution is 0.405. The molecule has 0 bridgehead atoms. The van der Waals surface area contributed by atoms with Gasteiger partial charge in [-0.25, -0.2) is 4.98 Å². The van der Waals surface area contributed by atoms with E-state index in [4.69, 9.17) is 11.6 Å². The highest BCUT2D eigenvalue weighted by Gasteiger charge is 2.17. The highest BCUT2D eigenvalue weighted by atomic mass is 35.5. The van der Waals surface area contributed by atoms with Crippen molar-refractivity contribution in [1.29, 1.82) is 0 Å². The molecule has 0 spiro atoms. The average molecular weight is 264 g/mol. The monoisotopic (exact) mass is 263 g/mol. The summed E-state index contributed by atoms with van der Waals surface area (Å²) in [6.07, 6.45) is 5.06.